The molecule has 1 N–H and O–H groups in total. The lowest BCUT2D eigenvalue weighted by Crippen LogP contribution is -2.18. The zero-order valence-corrected chi connectivity index (χ0v) is 18.9. The van der Waals surface area contributed by atoms with Gasteiger partial charge in [0.25, 0.3) is 5.56 Å². The number of nitrogens with zero attached hydrogens (tertiary/aromatic N) is 4. The summed E-state index contributed by atoms with van der Waals surface area (Å²) >= 11 is 0. The molecule has 0 saturated carbocycles. The van der Waals surface area contributed by atoms with Gasteiger partial charge in [0, 0.05) is 19.4 Å². The number of benzene rings is 1. The molecule has 3 aromatic rings. The summed E-state index contributed by atoms with van der Waals surface area (Å²) < 4.78 is 65.3. The average molecular weight is 509 g/mol. The Hall–Kier alpha value is -4.20. The molecule has 36 heavy (non-hydrogen) atoms. The van der Waals surface area contributed by atoms with E-state index in [-0.39, 0.29) is 29.4 Å². The van der Waals surface area contributed by atoms with Crippen molar-refractivity contribution in [2.75, 3.05) is 20.3 Å². The Balaban J connectivity index is 1.88. The first kappa shape index (κ1) is 26.4. The molecule has 0 radical (unpaired) electrons. The van der Waals surface area contributed by atoms with Crippen molar-refractivity contribution in [2.45, 2.75) is 19.3 Å². The number of hydrogen-bond donors (Lipinski definition) is 1. The highest BCUT2D eigenvalue weighted by Gasteiger charge is 2.32. The third-order valence-corrected chi connectivity index (χ3v) is 4.43. The van der Waals surface area contributed by atoms with Crippen LogP contribution in [-0.4, -0.2) is 47.5 Å². The molecule has 1 aromatic carbocycles. The summed E-state index contributed by atoms with van der Waals surface area (Å²) in [7, 11) is 1.30. The van der Waals surface area contributed by atoms with Gasteiger partial charge in [-0.3, -0.25) is 9.59 Å². The van der Waals surface area contributed by atoms with Crippen LogP contribution in [0.25, 0.3) is 11.5 Å². The summed E-state index contributed by atoms with van der Waals surface area (Å²) in [6.45, 7) is 1.89. The lowest BCUT2D eigenvalue weighted by Gasteiger charge is -2.13. The number of halogens is 4. The zero-order valence-electron chi connectivity index (χ0n) is 18.9. The molecule has 1 amide bonds. The number of alkyl halides is 3. The van der Waals surface area contributed by atoms with Gasteiger partial charge in [-0.05, 0) is 36.8 Å². The van der Waals surface area contributed by atoms with Crippen LogP contribution in [-0.2, 0) is 4.74 Å². The van der Waals surface area contributed by atoms with E-state index in [1.807, 2.05) is 0 Å². The zero-order chi connectivity index (χ0) is 26.3. The minimum Gasteiger partial charge on any atom is -0.491 e. The van der Waals surface area contributed by atoms with Crippen molar-refractivity contribution in [1.29, 1.82) is 0 Å². The number of carbonyl (C=O) groups excluding carboxylic acids is 1. The second-order valence-electron chi connectivity index (χ2n) is 6.99. The minimum atomic E-state index is -5.07. The number of ether oxygens (including phenoxy) is 3. The molecule has 1 atom stereocenters. The van der Waals surface area contributed by atoms with Crippen molar-refractivity contribution >= 4 is 5.91 Å². The summed E-state index contributed by atoms with van der Waals surface area (Å²) in [4.78, 5) is 35.5. The number of amides is 1. The number of pyridine rings is 1. The number of methoxy groups -OCH3 is 1. The van der Waals surface area contributed by atoms with Gasteiger partial charge in [-0.2, -0.15) is 5.11 Å². The quantitative estimate of drug-likeness (QED) is 0.337. The Morgan fingerprint density at radius 1 is 1.19 bits per heavy atom. The average Bonchev–Trinajstić information content (AvgIpc) is 2.82. The standard InChI is InChI=1S/C22H19F4N5O5/c1-3-35-17-5-4-8-27-19(17)20-28-14(10-18(32)29-20)21(33)31-30-15(11-34-2)12-6-7-16(13(23)9-12)36-22(24,25)26/h4-10,15H,3,11H2,1-2H3,(H,28,29,32). The number of nitrogens with one attached hydrogen (secondary N) is 1. The predicted octanol–water partition coefficient (Wildman–Crippen LogP) is 4.25. The lowest BCUT2D eigenvalue weighted by molar-refractivity contribution is -0.275. The van der Waals surface area contributed by atoms with E-state index in [2.05, 4.69) is 29.9 Å². The maximum Gasteiger partial charge on any atom is 0.573 e. The van der Waals surface area contributed by atoms with Crippen molar-refractivity contribution in [3.63, 3.8) is 0 Å². The molecule has 0 fully saturated rings. The maximum atomic E-state index is 14.1. The summed E-state index contributed by atoms with van der Waals surface area (Å²) in [5.41, 5.74) is -0.768. The van der Waals surface area contributed by atoms with E-state index < -0.39 is 35.4 Å². The smallest absolute Gasteiger partial charge is 0.491 e. The fourth-order valence-corrected chi connectivity index (χ4v) is 2.98. The Labute approximate surface area is 201 Å². The molecule has 0 bridgehead atoms. The van der Waals surface area contributed by atoms with Crippen LogP contribution in [0.4, 0.5) is 17.6 Å². The number of carbonyl (C=O) groups is 1. The third kappa shape index (κ3) is 6.91. The maximum absolute atomic E-state index is 14.1. The van der Waals surface area contributed by atoms with Gasteiger partial charge in [0.05, 0.1) is 13.2 Å². The lowest BCUT2D eigenvalue weighted by atomic mass is 10.1. The van der Waals surface area contributed by atoms with Gasteiger partial charge in [-0.15, -0.1) is 18.3 Å². The van der Waals surface area contributed by atoms with E-state index in [9.17, 15) is 27.2 Å². The van der Waals surface area contributed by atoms with E-state index in [0.717, 1.165) is 24.3 Å². The second kappa shape index (κ2) is 11.5. The van der Waals surface area contributed by atoms with E-state index in [1.165, 1.54) is 13.3 Å². The molecule has 2 aromatic heterocycles. The Kier molecular flexibility index (Phi) is 8.42. The van der Waals surface area contributed by atoms with E-state index in [1.54, 1.807) is 19.1 Å². The predicted molar refractivity (Wildman–Crippen MR) is 116 cm³/mol. The second-order valence-corrected chi connectivity index (χ2v) is 6.99. The van der Waals surface area contributed by atoms with Gasteiger partial charge in [0.15, 0.2) is 17.4 Å². The summed E-state index contributed by atoms with van der Waals surface area (Å²) in [5.74, 6) is -3.05. The first-order chi connectivity index (χ1) is 17.1. The van der Waals surface area contributed by atoms with Gasteiger partial charge in [0.1, 0.15) is 23.2 Å². The number of azo groups is 1. The molecule has 0 saturated heterocycles. The van der Waals surface area contributed by atoms with Crippen LogP contribution in [0, 0.1) is 5.82 Å². The molecule has 14 heteroatoms. The third-order valence-electron chi connectivity index (χ3n) is 4.43. The molecule has 3 rings (SSSR count). The summed E-state index contributed by atoms with van der Waals surface area (Å²) in [6.07, 6.45) is -3.62. The molecule has 0 aliphatic carbocycles. The molecule has 1 unspecified atom stereocenters. The van der Waals surface area contributed by atoms with Crippen LogP contribution < -0.4 is 15.0 Å². The van der Waals surface area contributed by atoms with Gasteiger partial charge in [0.2, 0.25) is 0 Å². The van der Waals surface area contributed by atoms with E-state index in [0.29, 0.717) is 12.4 Å². The van der Waals surface area contributed by atoms with Crippen molar-refractivity contribution in [3.05, 3.63) is 70.0 Å². The molecular formula is C22H19F4N5O5. The molecule has 190 valence electrons. The van der Waals surface area contributed by atoms with Gasteiger partial charge in [-0.1, -0.05) is 6.07 Å². The first-order valence-electron chi connectivity index (χ1n) is 10.3. The van der Waals surface area contributed by atoms with Gasteiger partial charge in [-0.25, -0.2) is 14.4 Å². The highest BCUT2D eigenvalue weighted by molar-refractivity contribution is 5.92. The number of rotatable bonds is 9. The summed E-state index contributed by atoms with van der Waals surface area (Å²) in [6, 6.07) is 5.73. The van der Waals surface area contributed by atoms with E-state index >= 15 is 0 Å². The van der Waals surface area contributed by atoms with Crippen molar-refractivity contribution < 1.29 is 36.6 Å². The van der Waals surface area contributed by atoms with Gasteiger partial charge < -0.3 is 19.2 Å². The van der Waals surface area contributed by atoms with Gasteiger partial charge >= 0.3 is 12.3 Å². The highest BCUT2D eigenvalue weighted by Crippen LogP contribution is 2.29. The Morgan fingerprint density at radius 3 is 2.64 bits per heavy atom. The van der Waals surface area contributed by atoms with Crippen LogP contribution in [0.2, 0.25) is 0 Å². The van der Waals surface area contributed by atoms with Crippen molar-refractivity contribution in [1.82, 2.24) is 15.0 Å². The van der Waals surface area contributed by atoms with E-state index in [4.69, 9.17) is 9.47 Å². The molecule has 0 aliphatic heterocycles. The fourth-order valence-electron chi connectivity index (χ4n) is 2.98. The number of aromatic nitrogens is 3. The molecule has 0 spiro atoms. The van der Waals surface area contributed by atoms with Crippen LogP contribution in [0.5, 0.6) is 11.5 Å². The SMILES string of the molecule is CCOc1cccnc1-c1nc(C(=O)N=NC(COC)c2ccc(OC(F)(F)F)c(F)c2)cc(=O)[nH]1. The van der Waals surface area contributed by atoms with Crippen molar-refractivity contribution in [2.24, 2.45) is 10.2 Å². The molecular weight excluding hydrogens is 490 g/mol. The largest absolute Gasteiger partial charge is 0.573 e. The number of H-pyrrole nitrogens is 1. The minimum absolute atomic E-state index is 0.0409. The van der Waals surface area contributed by atoms with Crippen LogP contribution in [0.1, 0.15) is 29.0 Å². The van der Waals surface area contributed by atoms with Crippen molar-refractivity contribution in [3.8, 4) is 23.0 Å². The Bertz CT molecular complexity index is 1310. The number of hydrogen-bond acceptors (Lipinski definition) is 8. The Morgan fingerprint density at radius 2 is 1.97 bits per heavy atom. The monoisotopic (exact) mass is 509 g/mol. The molecule has 10 nitrogen and oxygen atoms in total. The summed E-state index contributed by atoms with van der Waals surface area (Å²) in [5, 5.41) is 7.35. The molecule has 2 heterocycles. The topological polar surface area (TPSA) is 128 Å². The van der Waals surface area contributed by atoms with Crippen LogP contribution in [0.15, 0.2) is 57.6 Å². The van der Waals surface area contributed by atoms with Crippen LogP contribution >= 0.6 is 0 Å². The number of aromatic amines is 1. The fraction of sp³-hybridized carbons (Fsp3) is 0.273. The van der Waals surface area contributed by atoms with Crippen LogP contribution in [0.3, 0.4) is 0 Å². The highest BCUT2D eigenvalue weighted by atomic mass is 19.4. The normalized spacial score (nSPS) is 12.5. The molecule has 0 aliphatic rings. The first-order valence-corrected chi connectivity index (χ1v) is 10.3.